The lowest BCUT2D eigenvalue weighted by molar-refractivity contribution is -0.142. The molecule has 8 nitrogen and oxygen atoms in total. The van der Waals surface area contributed by atoms with Gasteiger partial charge in [-0.25, -0.2) is 4.79 Å². The number of rotatable bonds is 3. The molecule has 24 heavy (non-hydrogen) atoms. The summed E-state index contributed by atoms with van der Waals surface area (Å²) in [6, 6.07) is 0. The molecule has 0 saturated carbocycles. The lowest BCUT2D eigenvalue weighted by Crippen LogP contribution is -2.49. The van der Waals surface area contributed by atoms with Crippen molar-refractivity contribution in [3.05, 3.63) is 30.6 Å². The molecule has 1 aliphatic rings. The highest BCUT2D eigenvalue weighted by Gasteiger charge is 2.50. The summed E-state index contributed by atoms with van der Waals surface area (Å²) in [6.45, 7) is 10.1. The van der Waals surface area contributed by atoms with Gasteiger partial charge >= 0.3 is 5.69 Å². The normalized spacial score (nSPS) is 28.3. The number of hydrogen-bond acceptors (Lipinski definition) is 6. The predicted octanol–water partition coefficient (Wildman–Crippen LogP) is 0.740. The maximum absolute atomic E-state index is 12.1. The molecule has 3 N–H and O–H groups in total. The molecule has 2 rings (SSSR count). The number of aliphatic hydroxyl groups excluding tert-OH is 2. The van der Waals surface area contributed by atoms with Crippen molar-refractivity contribution >= 4 is 30.9 Å². The van der Waals surface area contributed by atoms with Crippen LogP contribution in [0.25, 0.3) is 0 Å². The molecule has 4 unspecified atom stereocenters. The zero-order valence-electron chi connectivity index (χ0n) is 14.2. The summed E-state index contributed by atoms with van der Waals surface area (Å²) in [5.74, 6) is 0. The quantitative estimate of drug-likeness (QED) is 0.444. The van der Waals surface area contributed by atoms with Crippen LogP contribution in [-0.4, -0.2) is 46.6 Å². The minimum Gasteiger partial charge on any atom is -0.406 e. The maximum Gasteiger partial charge on any atom is 0.330 e. The first-order valence-corrected chi connectivity index (χ1v) is 11.5. The molecule has 0 amide bonds. The Balaban J connectivity index is 2.44. The molecule has 0 bridgehead atoms. The summed E-state index contributed by atoms with van der Waals surface area (Å²) in [5.41, 5.74) is -1.19. The molecule has 1 saturated heterocycles. The Kier molecular flexibility index (Phi) is 5.48. The Labute approximate surface area is 154 Å². The summed E-state index contributed by atoms with van der Waals surface area (Å²) < 4.78 is 13.0. The van der Waals surface area contributed by atoms with Crippen molar-refractivity contribution < 1.29 is 19.4 Å². The van der Waals surface area contributed by atoms with Gasteiger partial charge < -0.3 is 19.4 Å². The van der Waals surface area contributed by atoms with Crippen LogP contribution < -0.4 is 11.2 Å². The second-order valence-corrected chi connectivity index (χ2v) is 13.3. The summed E-state index contributed by atoms with van der Waals surface area (Å²) in [6.07, 6.45) is -3.37. The fraction of sp³-hybridized carbons (Fsp3) is 0.714. The second-order valence-electron chi connectivity index (χ2n) is 7.39. The smallest absolute Gasteiger partial charge is 0.330 e. The van der Waals surface area contributed by atoms with Gasteiger partial charge in [-0.15, -0.1) is 0 Å². The summed E-state index contributed by atoms with van der Waals surface area (Å²) in [4.78, 5) is 25.8. The van der Waals surface area contributed by atoms with Gasteiger partial charge in [-0.05, 0) is 40.7 Å². The number of nitrogens with zero attached hydrogens (tertiary/aromatic N) is 1. The van der Waals surface area contributed by atoms with Crippen LogP contribution in [0.15, 0.2) is 15.8 Å². The number of aliphatic hydroxyl groups is 2. The highest BCUT2D eigenvalue weighted by Crippen LogP contribution is 2.41. The zero-order valence-corrected chi connectivity index (χ0v) is 17.4. The van der Waals surface area contributed by atoms with Crippen LogP contribution in [0.5, 0.6) is 0 Å². The number of H-pyrrole nitrogens is 1. The lowest BCUT2D eigenvalue weighted by Gasteiger charge is -2.40. The molecule has 1 aromatic heterocycles. The summed E-state index contributed by atoms with van der Waals surface area (Å²) >= 11 is 1.80. The van der Waals surface area contributed by atoms with Crippen molar-refractivity contribution in [3.63, 3.8) is 0 Å². The minimum atomic E-state index is -2.30. The maximum atomic E-state index is 12.1. The van der Waals surface area contributed by atoms with Crippen molar-refractivity contribution in [2.45, 2.75) is 63.6 Å². The van der Waals surface area contributed by atoms with Crippen molar-refractivity contribution in [1.82, 2.24) is 9.55 Å². The number of nitrogens with one attached hydrogen (secondary N) is 1. The first-order chi connectivity index (χ1) is 10.8. The molecule has 1 fully saturated rings. The molecule has 0 aliphatic carbocycles. The van der Waals surface area contributed by atoms with Gasteiger partial charge in [0, 0.05) is 6.20 Å². The van der Waals surface area contributed by atoms with E-state index in [0.717, 1.165) is 4.57 Å². The number of aromatic nitrogens is 2. The average Bonchev–Trinajstić information content (AvgIpc) is 2.69. The van der Waals surface area contributed by atoms with Gasteiger partial charge in [-0.3, -0.25) is 14.3 Å². The van der Waals surface area contributed by atoms with Gasteiger partial charge in [0.1, 0.15) is 12.2 Å². The standard InChI is InChI=1S/C14H23IN2O6Si/c1-14(2,3)24(4,5)23-9-8(18)12(20)22-11(9)17-6-7(15)10(19)16-13(17)21/h6,8-9,11-12,18,20H,1-5H3,(H,16,19,21). The fourth-order valence-electron chi connectivity index (χ4n) is 2.15. The van der Waals surface area contributed by atoms with Gasteiger partial charge in [-0.1, -0.05) is 20.8 Å². The third-order valence-corrected chi connectivity index (χ3v) is 9.87. The van der Waals surface area contributed by atoms with Crippen molar-refractivity contribution in [2.24, 2.45) is 0 Å². The molecule has 0 aromatic carbocycles. The summed E-state index contributed by atoms with van der Waals surface area (Å²) in [5, 5.41) is 20.0. The van der Waals surface area contributed by atoms with Crippen LogP contribution in [0.3, 0.4) is 0 Å². The molecule has 0 radical (unpaired) electrons. The SMILES string of the molecule is CC(C)(C)[Si](C)(C)OC1C(O)C(O)OC1n1cc(I)c(=O)[nH]c1=O. The first kappa shape index (κ1) is 19.8. The molecule has 1 aliphatic heterocycles. The molecule has 2 heterocycles. The highest BCUT2D eigenvalue weighted by atomic mass is 127. The Hall–Kier alpha value is -0.533. The van der Waals surface area contributed by atoms with Crippen LogP contribution >= 0.6 is 22.6 Å². The number of hydrogen-bond donors (Lipinski definition) is 3. The molecular weight excluding hydrogens is 447 g/mol. The largest absolute Gasteiger partial charge is 0.406 e. The Morgan fingerprint density at radius 1 is 1.33 bits per heavy atom. The molecule has 0 spiro atoms. The Bertz CT molecular complexity index is 725. The van der Waals surface area contributed by atoms with E-state index in [1.165, 1.54) is 6.20 Å². The van der Waals surface area contributed by atoms with E-state index in [2.05, 4.69) is 4.98 Å². The van der Waals surface area contributed by atoms with Crippen LogP contribution in [-0.2, 0) is 9.16 Å². The third kappa shape index (κ3) is 3.67. The zero-order chi connectivity index (χ0) is 18.4. The highest BCUT2D eigenvalue weighted by molar-refractivity contribution is 14.1. The van der Waals surface area contributed by atoms with Crippen LogP contribution in [0.2, 0.25) is 18.1 Å². The first-order valence-electron chi connectivity index (χ1n) is 7.55. The van der Waals surface area contributed by atoms with E-state index in [-0.39, 0.29) is 8.61 Å². The molecule has 1 aromatic rings. The van der Waals surface area contributed by atoms with Crippen molar-refractivity contribution in [1.29, 1.82) is 0 Å². The van der Waals surface area contributed by atoms with E-state index in [1.807, 2.05) is 33.9 Å². The van der Waals surface area contributed by atoms with Gasteiger partial charge in [0.05, 0.1) is 3.57 Å². The lowest BCUT2D eigenvalue weighted by atomic mass is 10.2. The van der Waals surface area contributed by atoms with Crippen molar-refractivity contribution in [2.75, 3.05) is 0 Å². The van der Waals surface area contributed by atoms with Crippen LogP contribution in [0.4, 0.5) is 0 Å². The van der Waals surface area contributed by atoms with Gasteiger partial charge in [-0.2, -0.15) is 0 Å². The number of ether oxygens (including phenoxy) is 1. The van der Waals surface area contributed by atoms with Gasteiger partial charge in [0.2, 0.25) is 0 Å². The monoisotopic (exact) mass is 470 g/mol. The topological polar surface area (TPSA) is 114 Å². The van der Waals surface area contributed by atoms with E-state index in [0.29, 0.717) is 0 Å². The minimum absolute atomic E-state index is 0.130. The van der Waals surface area contributed by atoms with E-state index in [4.69, 9.17) is 9.16 Å². The van der Waals surface area contributed by atoms with E-state index in [9.17, 15) is 19.8 Å². The Morgan fingerprint density at radius 3 is 2.46 bits per heavy atom. The number of aromatic amines is 1. The van der Waals surface area contributed by atoms with Crippen LogP contribution in [0, 0.1) is 3.57 Å². The molecule has 4 atom stereocenters. The Morgan fingerprint density at radius 2 is 1.92 bits per heavy atom. The molecule has 10 heteroatoms. The summed E-state index contributed by atoms with van der Waals surface area (Å²) in [7, 11) is -2.30. The van der Waals surface area contributed by atoms with E-state index in [1.54, 1.807) is 22.6 Å². The predicted molar refractivity (Wildman–Crippen MR) is 98.2 cm³/mol. The molecule has 136 valence electrons. The van der Waals surface area contributed by atoms with Gasteiger partial charge in [0.25, 0.3) is 5.56 Å². The van der Waals surface area contributed by atoms with E-state index >= 15 is 0 Å². The second kappa shape index (κ2) is 6.65. The van der Waals surface area contributed by atoms with E-state index < -0.39 is 44.3 Å². The van der Waals surface area contributed by atoms with Crippen LogP contribution in [0.1, 0.15) is 27.0 Å². The third-order valence-electron chi connectivity index (χ3n) is 4.62. The molecular formula is C14H23IN2O6Si. The number of halogens is 1. The fourth-order valence-corrected chi connectivity index (χ4v) is 3.87. The van der Waals surface area contributed by atoms with Gasteiger partial charge in [0.15, 0.2) is 20.8 Å². The average molecular weight is 470 g/mol. The van der Waals surface area contributed by atoms with Crippen molar-refractivity contribution in [3.8, 4) is 0 Å².